The first-order chi connectivity index (χ1) is 10.8. The van der Waals surface area contributed by atoms with Crippen LogP contribution in [0.25, 0.3) is 0 Å². The largest absolute Gasteiger partial charge is 0.493 e. The van der Waals surface area contributed by atoms with Gasteiger partial charge in [0.05, 0.1) is 13.2 Å². The van der Waals surface area contributed by atoms with Crippen LogP contribution in [-0.2, 0) is 6.54 Å². The Morgan fingerprint density at radius 1 is 1.00 bits per heavy atom. The second-order valence-electron chi connectivity index (χ2n) is 5.73. The molecule has 0 bridgehead atoms. The van der Waals surface area contributed by atoms with Crippen molar-refractivity contribution in [3.63, 3.8) is 0 Å². The van der Waals surface area contributed by atoms with Crippen molar-refractivity contribution < 1.29 is 9.47 Å². The van der Waals surface area contributed by atoms with Crippen LogP contribution in [0, 0.1) is 0 Å². The monoisotopic (exact) mass is 297 g/mol. The van der Waals surface area contributed by atoms with Crippen LogP contribution in [0.2, 0.25) is 0 Å². The lowest BCUT2D eigenvalue weighted by Gasteiger charge is -2.17. The van der Waals surface area contributed by atoms with E-state index < -0.39 is 0 Å². The van der Waals surface area contributed by atoms with Gasteiger partial charge in [0.2, 0.25) is 0 Å². The molecular weight excluding hydrogens is 274 g/mol. The van der Waals surface area contributed by atoms with Crippen LogP contribution >= 0.6 is 0 Å². The zero-order chi connectivity index (χ0) is 15.2. The summed E-state index contributed by atoms with van der Waals surface area (Å²) in [5, 5.41) is 3.41. The van der Waals surface area contributed by atoms with E-state index in [9.17, 15) is 0 Å². The SMILES string of the molecule is COc1cc(CNc2ccccc2)ccc1OC1CCCC1. The fourth-order valence-corrected chi connectivity index (χ4v) is 2.87. The number of anilines is 1. The minimum Gasteiger partial charge on any atom is -0.493 e. The molecule has 0 heterocycles. The summed E-state index contributed by atoms with van der Waals surface area (Å²) in [5.41, 5.74) is 2.30. The topological polar surface area (TPSA) is 30.5 Å². The summed E-state index contributed by atoms with van der Waals surface area (Å²) in [7, 11) is 1.70. The Morgan fingerprint density at radius 3 is 2.50 bits per heavy atom. The standard InChI is InChI=1S/C19H23NO2/c1-21-19-13-15(14-20-16-7-3-2-4-8-16)11-12-18(19)22-17-9-5-6-10-17/h2-4,7-8,11-13,17,20H,5-6,9-10,14H2,1H3. The van der Waals surface area contributed by atoms with E-state index in [0.717, 1.165) is 36.6 Å². The molecule has 3 heteroatoms. The minimum absolute atomic E-state index is 0.349. The van der Waals surface area contributed by atoms with E-state index in [4.69, 9.17) is 9.47 Å². The second kappa shape index (κ2) is 7.21. The van der Waals surface area contributed by atoms with Crippen LogP contribution in [0.15, 0.2) is 48.5 Å². The van der Waals surface area contributed by atoms with Crippen molar-refractivity contribution in [1.82, 2.24) is 0 Å². The van der Waals surface area contributed by atoms with E-state index in [0.29, 0.717) is 6.10 Å². The zero-order valence-electron chi connectivity index (χ0n) is 13.0. The number of methoxy groups -OCH3 is 1. The summed E-state index contributed by atoms with van der Waals surface area (Å²) in [6, 6.07) is 16.4. The summed E-state index contributed by atoms with van der Waals surface area (Å²) >= 11 is 0. The molecule has 3 rings (SSSR count). The van der Waals surface area contributed by atoms with Crippen LogP contribution in [0.5, 0.6) is 11.5 Å². The summed E-state index contributed by atoms with van der Waals surface area (Å²) in [5.74, 6) is 1.68. The molecule has 1 saturated carbocycles. The van der Waals surface area contributed by atoms with Crippen molar-refractivity contribution in [2.45, 2.75) is 38.3 Å². The fourth-order valence-electron chi connectivity index (χ4n) is 2.87. The number of benzene rings is 2. The second-order valence-corrected chi connectivity index (χ2v) is 5.73. The average Bonchev–Trinajstić information content (AvgIpc) is 3.08. The van der Waals surface area contributed by atoms with Crippen LogP contribution in [0.3, 0.4) is 0 Å². The third-order valence-corrected chi connectivity index (χ3v) is 4.09. The predicted octanol–water partition coefficient (Wildman–Crippen LogP) is 4.63. The van der Waals surface area contributed by atoms with E-state index in [1.165, 1.54) is 18.4 Å². The van der Waals surface area contributed by atoms with E-state index in [-0.39, 0.29) is 0 Å². The Kier molecular flexibility index (Phi) is 4.84. The Balaban J connectivity index is 1.65. The highest BCUT2D eigenvalue weighted by molar-refractivity contribution is 5.46. The molecule has 0 amide bonds. The number of para-hydroxylation sites is 1. The molecule has 0 aromatic heterocycles. The molecule has 1 fully saturated rings. The maximum atomic E-state index is 6.07. The average molecular weight is 297 g/mol. The van der Waals surface area contributed by atoms with Gasteiger partial charge in [0.15, 0.2) is 11.5 Å². The van der Waals surface area contributed by atoms with Gasteiger partial charge in [-0.2, -0.15) is 0 Å². The molecule has 22 heavy (non-hydrogen) atoms. The van der Waals surface area contributed by atoms with Crippen molar-refractivity contribution in [3.05, 3.63) is 54.1 Å². The van der Waals surface area contributed by atoms with Crippen molar-refractivity contribution in [2.24, 2.45) is 0 Å². The van der Waals surface area contributed by atoms with E-state index >= 15 is 0 Å². The summed E-state index contributed by atoms with van der Waals surface area (Å²) in [6.45, 7) is 0.768. The molecule has 3 nitrogen and oxygen atoms in total. The molecule has 0 spiro atoms. The minimum atomic E-state index is 0.349. The maximum absolute atomic E-state index is 6.07. The Bertz CT molecular complexity index is 592. The van der Waals surface area contributed by atoms with Gasteiger partial charge < -0.3 is 14.8 Å². The van der Waals surface area contributed by atoms with Crippen LogP contribution in [-0.4, -0.2) is 13.2 Å². The van der Waals surface area contributed by atoms with Crippen molar-refractivity contribution >= 4 is 5.69 Å². The number of hydrogen-bond donors (Lipinski definition) is 1. The van der Waals surface area contributed by atoms with Gasteiger partial charge in [-0.1, -0.05) is 24.3 Å². The Morgan fingerprint density at radius 2 is 1.77 bits per heavy atom. The fraction of sp³-hybridized carbons (Fsp3) is 0.368. The summed E-state index contributed by atoms with van der Waals surface area (Å²) in [4.78, 5) is 0. The van der Waals surface area contributed by atoms with Gasteiger partial charge in [0.1, 0.15) is 0 Å². The molecular formula is C19H23NO2. The van der Waals surface area contributed by atoms with Crippen LogP contribution in [0.4, 0.5) is 5.69 Å². The van der Waals surface area contributed by atoms with Gasteiger partial charge in [-0.25, -0.2) is 0 Å². The van der Waals surface area contributed by atoms with Crippen molar-refractivity contribution in [2.75, 3.05) is 12.4 Å². The first-order valence-electron chi connectivity index (χ1n) is 7.97. The first kappa shape index (κ1) is 14.8. The molecule has 2 aromatic carbocycles. The van der Waals surface area contributed by atoms with E-state index in [2.05, 4.69) is 29.6 Å². The molecule has 0 unspecified atom stereocenters. The normalized spacial score (nSPS) is 14.8. The molecule has 1 aliphatic rings. The predicted molar refractivity (Wildman–Crippen MR) is 89.6 cm³/mol. The molecule has 1 aliphatic carbocycles. The number of ether oxygens (including phenoxy) is 2. The lowest BCUT2D eigenvalue weighted by atomic mass is 10.2. The first-order valence-corrected chi connectivity index (χ1v) is 7.97. The Hall–Kier alpha value is -2.16. The molecule has 0 aliphatic heterocycles. The lowest BCUT2D eigenvalue weighted by molar-refractivity contribution is 0.200. The van der Waals surface area contributed by atoms with Gasteiger partial charge in [-0.05, 0) is 55.5 Å². The molecule has 2 aromatic rings. The lowest BCUT2D eigenvalue weighted by Crippen LogP contribution is -2.11. The highest BCUT2D eigenvalue weighted by Crippen LogP contribution is 2.32. The van der Waals surface area contributed by atoms with Crippen molar-refractivity contribution in [3.8, 4) is 11.5 Å². The van der Waals surface area contributed by atoms with Gasteiger partial charge in [-0.3, -0.25) is 0 Å². The number of nitrogens with one attached hydrogen (secondary N) is 1. The molecule has 0 radical (unpaired) electrons. The highest BCUT2D eigenvalue weighted by Gasteiger charge is 2.18. The summed E-state index contributed by atoms with van der Waals surface area (Å²) < 4.78 is 11.6. The molecule has 1 N–H and O–H groups in total. The molecule has 0 atom stereocenters. The van der Waals surface area contributed by atoms with Crippen LogP contribution in [0.1, 0.15) is 31.2 Å². The highest BCUT2D eigenvalue weighted by atomic mass is 16.5. The van der Waals surface area contributed by atoms with Crippen LogP contribution < -0.4 is 14.8 Å². The third kappa shape index (κ3) is 3.73. The van der Waals surface area contributed by atoms with Gasteiger partial charge in [-0.15, -0.1) is 0 Å². The van der Waals surface area contributed by atoms with E-state index in [1.54, 1.807) is 7.11 Å². The smallest absolute Gasteiger partial charge is 0.161 e. The zero-order valence-corrected chi connectivity index (χ0v) is 13.0. The summed E-state index contributed by atoms with van der Waals surface area (Å²) in [6.07, 6.45) is 5.20. The number of hydrogen-bond acceptors (Lipinski definition) is 3. The van der Waals surface area contributed by atoms with Gasteiger partial charge >= 0.3 is 0 Å². The Labute approximate surface area is 132 Å². The maximum Gasteiger partial charge on any atom is 0.161 e. The van der Waals surface area contributed by atoms with Gasteiger partial charge in [0.25, 0.3) is 0 Å². The van der Waals surface area contributed by atoms with E-state index in [1.807, 2.05) is 24.3 Å². The van der Waals surface area contributed by atoms with Gasteiger partial charge in [0, 0.05) is 12.2 Å². The molecule has 116 valence electrons. The number of rotatable bonds is 6. The van der Waals surface area contributed by atoms with Crippen molar-refractivity contribution in [1.29, 1.82) is 0 Å². The third-order valence-electron chi connectivity index (χ3n) is 4.09. The molecule has 0 saturated heterocycles. The quantitative estimate of drug-likeness (QED) is 0.843.